The molecule has 1 amide bonds. The first-order valence-electron chi connectivity index (χ1n) is 7.36. The maximum atomic E-state index is 13.1. The summed E-state index contributed by atoms with van der Waals surface area (Å²) in [6, 6.07) is 8.24. The van der Waals surface area contributed by atoms with Crippen LogP contribution in [0.4, 0.5) is 15.8 Å². The predicted molar refractivity (Wildman–Crippen MR) is 92.4 cm³/mol. The van der Waals surface area contributed by atoms with Gasteiger partial charge < -0.3 is 10.1 Å². The van der Waals surface area contributed by atoms with E-state index in [-0.39, 0.29) is 5.69 Å². The van der Waals surface area contributed by atoms with Gasteiger partial charge in [0.1, 0.15) is 5.82 Å². The van der Waals surface area contributed by atoms with Gasteiger partial charge in [0.15, 0.2) is 0 Å². The molecule has 7 nitrogen and oxygen atoms in total. The predicted octanol–water partition coefficient (Wildman–Crippen LogP) is 2.25. The van der Waals surface area contributed by atoms with Crippen molar-refractivity contribution in [2.45, 2.75) is 6.92 Å². The van der Waals surface area contributed by atoms with Crippen molar-refractivity contribution in [1.29, 1.82) is 0 Å². The minimum Gasteiger partial charge on any atom is -0.481 e. The highest BCUT2D eigenvalue weighted by atomic mass is 32.2. The third-order valence-corrected chi connectivity index (χ3v) is 4.71. The average molecular weight is 367 g/mol. The quantitative estimate of drug-likeness (QED) is 0.782. The van der Waals surface area contributed by atoms with E-state index < -0.39 is 33.4 Å². The normalized spacial score (nSPS) is 12.3. The molecule has 0 spiro atoms. The van der Waals surface area contributed by atoms with E-state index in [2.05, 4.69) is 15.0 Å². The van der Waals surface area contributed by atoms with Crippen molar-refractivity contribution in [1.82, 2.24) is 4.98 Å². The third-order valence-electron chi connectivity index (χ3n) is 3.23. The Balaban J connectivity index is 1.96. The molecule has 9 heteroatoms. The molecule has 0 aliphatic heterocycles. The molecule has 25 heavy (non-hydrogen) atoms. The number of methoxy groups -OCH3 is 1. The van der Waals surface area contributed by atoms with Crippen LogP contribution in [0.3, 0.4) is 0 Å². The number of ether oxygens (including phenoxy) is 1. The monoisotopic (exact) mass is 367 g/mol. The van der Waals surface area contributed by atoms with Gasteiger partial charge in [-0.3, -0.25) is 9.52 Å². The molecule has 0 fully saturated rings. The largest absolute Gasteiger partial charge is 0.481 e. The highest BCUT2D eigenvalue weighted by Gasteiger charge is 2.22. The number of rotatable bonds is 7. The lowest BCUT2D eigenvalue weighted by Crippen LogP contribution is -2.29. The number of anilines is 2. The molecule has 2 N–H and O–H groups in total. The number of carbonyl (C=O) groups is 1. The van der Waals surface area contributed by atoms with Gasteiger partial charge in [0.2, 0.25) is 21.8 Å². The SMILES string of the molecule is COc1ccc(NC(=O)C(C)CS(=O)(=O)Nc2cccc(F)c2)cn1. The Hall–Kier alpha value is -2.68. The minimum atomic E-state index is -3.81. The number of pyridine rings is 1. The van der Waals surface area contributed by atoms with Crippen LogP contribution < -0.4 is 14.8 Å². The van der Waals surface area contributed by atoms with Gasteiger partial charge in [-0.1, -0.05) is 13.0 Å². The molecule has 0 saturated heterocycles. The lowest BCUT2D eigenvalue weighted by atomic mass is 10.2. The van der Waals surface area contributed by atoms with Crippen LogP contribution in [0.5, 0.6) is 5.88 Å². The molecule has 1 aromatic heterocycles. The average Bonchev–Trinajstić information content (AvgIpc) is 2.54. The zero-order chi connectivity index (χ0) is 18.4. The van der Waals surface area contributed by atoms with E-state index in [0.717, 1.165) is 6.07 Å². The molecule has 1 atom stereocenters. The minimum absolute atomic E-state index is 0.104. The van der Waals surface area contributed by atoms with Crippen molar-refractivity contribution < 1.29 is 22.3 Å². The molecule has 0 aliphatic rings. The molecule has 1 aromatic carbocycles. The van der Waals surface area contributed by atoms with Gasteiger partial charge in [-0.15, -0.1) is 0 Å². The highest BCUT2D eigenvalue weighted by molar-refractivity contribution is 7.92. The van der Waals surface area contributed by atoms with E-state index in [0.29, 0.717) is 11.6 Å². The summed E-state index contributed by atoms with van der Waals surface area (Å²) in [7, 11) is -2.34. The van der Waals surface area contributed by atoms with E-state index in [1.54, 1.807) is 12.1 Å². The summed E-state index contributed by atoms with van der Waals surface area (Å²) in [5.74, 6) is -1.91. The summed E-state index contributed by atoms with van der Waals surface area (Å²) in [5, 5.41) is 2.58. The molecule has 2 rings (SSSR count). The van der Waals surface area contributed by atoms with E-state index >= 15 is 0 Å². The zero-order valence-corrected chi connectivity index (χ0v) is 14.5. The number of nitrogens with zero attached hydrogens (tertiary/aromatic N) is 1. The van der Waals surface area contributed by atoms with Crippen LogP contribution in [0, 0.1) is 11.7 Å². The lowest BCUT2D eigenvalue weighted by Gasteiger charge is -2.14. The fraction of sp³-hybridized carbons (Fsp3) is 0.250. The molecule has 0 bridgehead atoms. The fourth-order valence-corrected chi connectivity index (χ4v) is 3.40. The summed E-state index contributed by atoms with van der Waals surface area (Å²) in [5.41, 5.74) is 0.528. The Labute approximate surface area is 145 Å². The maximum absolute atomic E-state index is 13.1. The van der Waals surface area contributed by atoms with E-state index in [1.165, 1.54) is 38.4 Å². The third kappa shape index (κ3) is 5.71. The Morgan fingerprint density at radius 3 is 2.64 bits per heavy atom. The number of aromatic nitrogens is 1. The van der Waals surface area contributed by atoms with E-state index in [9.17, 15) is 17.6 Å². The van der Waals surface area contributed by atoms with Crippen LogP contribution in [-0.4, -0.2) is 32.2 Å². The summed E-state index contributed by atoms with van der Waals surface area (Å²) >= 11 is 0. The van der Waals surface area contributed by atoms with Crippen LogP contribution in [-0.2, 0) is 14.8 Å². The number of nitrogens with one attached hydrogen (secondary N) is 2. The molecule has 1 heterocycles. The number of amides is 1. The van der Waals surface area contributed by atoms with Gasteiger partial charge in [0, 0.05) is 6.07 Å². The molecule has 0 saturated carbocycles. The van der Waals surface area contributed by atoms with Crippen molar-refractivity contribution >= 4 is 27.3 Å². The standard InChI is InChI=1S/C16H18FN3O4S/c1-11(16(21)19-14-6-7-15(24-2)18-9-14)10-25(22,23)20-13-5-3-4-12(17)8-13/h3-9,11,20H,10H2,1-2H3,(H,19,21). The summed E-state index contributed by atoms with van der Waals surface area (Å²) < 4.78 is 44.5. The number of sulfonamides is 1. The van der Waals surface area contributed by atoms with Gasteiger partial charge in [-0.2, -0.15) is 0 Å². The smallest absolute Gasteiger partial charge is 0.233 e. The van der Waals surface area contributed by atoms with Crippen LogP contribution >= 0.6 is 0 Å². The second-order valence-electron chi connectivity index (χ2n) is 5.37. The van der Waals surface area contributed by atoms with Crippen molar-refractivity contribution in [3.8, 4) is 5.88 Å². The van der Waals surface area contributed by atoms with Crippen LogP contribution in [0.2, 0.25) is 0 Å². The Morgan fingerprint density at radius 1 is 1.28 bits per heavy atom. The lowest BCUT2D eigenvalue weighted by molar-refractivity contribution is -0.118. The van der Waals surface area contributed by atoms with Gasteiger partial charge in [-0.05, 0) is 24.3 Å². The molecular weight excluding hydrogens is 349 g/mol. The molecule has 0 radical (unpaired) electrons. The summed E-state index contributed by atoms with van der Waals surface area (Å²) in [6.45, 7) is 1.48. The van der Waals surface area contributed by atoms with Crippen molar-refractivity contribution in [2.24, 2.45) is 5.92 Å². The first kappa shape index (κ1) is 18.7. The fourth-order valence-electron chi connectivity index (χ4n) is 2.02. The topological polar surface area (TPSA) is 97.4 Å². The van der Waals surface area contributed by atoms with Crippen molar-refractivity contribution in [3.63, 3.8) is 0 Å². The van der Waals surface area contributed by atoms with Crippen molar-refractivity contribution in [2.75, 3.05) is 22.9 Å². The highest BCUT2D eigenvalue weighted by Crippen LogP contribution is 2.15. The Kier molecular flexibility index (Phi) is 5.92. The van der Waals surface area contributed by atoms with Gasteiger partial charge in [0.05, 0.1) is 36.4 Å². The summed E-state index contributed by atoms with van der Waals surface area (Å²) in [4.78, 5) is 16.1. The van der Waals surface area contributed by atoms with Crippen molar-refractivity contribution in [3.05, 3.63) is 48.4 Å². The second kappa shape index (κ2) is 7.93. The van der Waals surface area contributed by atoms with Crippen LogP contribution in [0.25, 0.3) is 0 Å². The Bertz CT molecular complexity index is 841. The first-order chi connectivity index (χ1) is 11.8. The molecule has 1 unspecified atom stereocenters. The van der Waals surface area contributed by atoms with Gasteiger partial charge in [0.25, 0.3) is 0 Å². The number of carbonyl (C=O) groups excluding carboxylic acids is 1. The van der Waals surface area contributed by atoms with Gasteiger partial charge >= 0.3 is 0 Å². The Morgan fingerprint density at radius 2 is 2.04 bits per heavy atom. The maximum Gasteiger partial charge on any atom is 0.233 e. The zero-order valence-electron chi connectivity index (χ0n) is 13.7. The molecule has 134 valence electrons. The number of benzene rings is 1. The van der Waals surface area contributed by atoms with Gasteiger partial charge in [-0.25, -0.2) is 17.8 Å². The molecule has 2 aromatic rings. The van der Waals surface area contributed by atoms with E-state index in [1.807, 2.05) is 0 Å². The number of halogens is 1. The number of hydrogen-bond acceptors (Lipinski definition) is 5. The number of hydrogen-bond donors (Lipinski definition) is 2. The molecule has 0 aliphatic carbocycles. The summed E-state index contributed by atoms with van der Waals surface area (Å²) in [6.07, 6.45) is 1.41. The van der Waals surface area contributed by atoms with E-state index in [4.69, 9.17) is 4.74 Å². The first-order valence-corrected chi connectivity index (χ1v) is 9.01. The second-order valence-corrected chi connectivity index (χ2v) is 7.14. The van der Waals surface area contributed by atoms with Crippen LogP contribution in [0.15, 0.2) is 42.6 Å². The van der Waals surface area contributed by atoms with Crippen LogP contribution in [0.1, 0.15) is 6.92 Å². The molecular formula is C16H18FN3O4S.